The van der Waals surface area contributed by atoms with Gasteiger partial charge in [-0.25, -0.2) is 10.4 Å². The van der Waals surface area contributed by atoms with Crippen molar-refractivity contribution in [1.82, 2.24) is 10.9 Å². The van der Waals surface area contributed by atoms with Crippen molar-refractivity contribution in [3.05, 3.63) is 35.2 Å². The second kappa shape index (κ2) is 4.31. The van der Waals surface area contributed by atoms with Crippen LogP contribution in [0, 0.1) is 11.8 Å². The van der Waals surface area contributed by atoms with Gasteiger partial charge in [0.2, 0.25) is 0 Å². The Hall–Kier alpha value is -1.39. The van der Waals surface area contributed by atoms with Gasteiger partial charge < -0.3 is 5.43 Å². The molecule has 0 radical (unpaired) electrons. The number of aliphatic imine (C=N–C) groups is 1. The largest absolute Gasteiger partial charge is 0.303 e. The zero-order chi connectivity index (χ0) is 13.9. The molecule has 3 aliphatic carbocycles. The standard InChI is InChI=1S/C17H19N3S/c1-5-14-6-2-11(1)10-17(14)18-16(19-20-17)13-4-3-12-7-8-21-15(12)9-13/h3-4,7-9,11,14,20H,1-2,5-6,10H2,(H,18,19)/t11?,14?,17-/m0/s1. The van der Waals surface area contributed by atoms with Gasteiger partial charge in [-0.1, -0.05) is 12.1 Å². The molecule has 21 heavy (non-hydrogen) atoms. The third-order valence-corrected chi connectivity index (χ3v) is 6.44. The Labute approximate surface area is 128 Å². The Balaban J connectivity index is 1.53. The molecule has 3 fully saturated rings. The number of hydrogen-bond acceptors (Lipinski definition) is 4. The van der Waals surface area contributed by atoms with Crippen LogP contribution in [0.5, 0.6) is 0 Å². The van der Waals surface area contributed by atoms with Gasteiger partial charge in [-0.15, -0.1) is 11.3 Å². The van der Waals surface area contributed by atoms with E-state index in [0.717, 1.165) is 11.8 Å². The van der Waals surface area contributed by atoms with E-state index in [2.05, 4.69) is 40.5 Å². The first kappa shape index (κ1) is 12.2. The molecule has 1 spiro atoms. The van der Waals surface area contributed by atoms with Crippen LogP contribution < -0.4 is 10.9 Å². The molecule has 3 nitrogen and oxygen atoms in total. The molecular formula is C17H19N3S. The Morgan fingerprint density at radius 1 is 1.14 bits per heavy atom. The van der Waals surface area contributed by atoms with Crippen molar-refractivity contribution in [2.24, 2.45) is 16.8 Å². The molecule has 4 heteroatoms. The molecule has 2 bridgehead atoms. The van der Waals surface area contributed by atoms with E-state index in [0.29, 0.717) is 5.92 Å². The fourth-order valence-corrected chi connectivity index (χ4v) is 5.23. The summed E-state index contributed by atoms with van der Waals surface area (Å²) < 4.78 is 1.34. The normalized spacial score (nSPS) is 34.4. The summed E-state index contributed by atoms with van der Waals surface area (Å²) in [6, 6.07) is 8.81. The summed E-state index contributed by atoms with van der Waals surface area (Å²) in [7, 11) is 0. The van der Waals surface area contributed by atoms with Crippen molar-refractivity contribution < 1.29 is 0 Å². The lowest BCUT2D eigenvalue weighted by molar-refractivity contribution is 0.0506. The minimum atomic E-state index is -0.0269. The average molecular weight is 297 g/mol. The molecule has 1 aromatic heterocycles. The van der Waals surface area contributed by atoms with Crippen LogP contribution in [0.4, 0.5) is 0 Å². The van der Waals surface area contributed by atoms with Crippen LogP contribution in [0.1, 0.15) is 37.7 Å². The predicted octanol–water partition coefficient (Wildman–Crippen LogP) is 3.66. The lowest BCUT2D eigenvalue weighted by atomic mass is 9.65. The zero-order valence-corrected chi connectivity index (χ0v) is 12.7. The highest BCUT2D eigenvalue weighted by Crippen LogP contribution is 2.48. The summed E-state index contributed by atoms with van der Waals surface area (Å²) in [4.78, 5) is 5.12. The maximum absolute atomic E-state index is 5.12. The second-order valence-corrected chi connectivity index (χ2v) is 7.68. The van der Waals surface area contributed by atoms with Crippen LogP contribution in [0.15, 0.2) is 34.6 Å². The predicted molar refractivity (Wildman–Crippen MR) is 87.4 cm³/mol. The van der Waals surface area contributed by atoms with Crippen LogP contribution in [0.3, 0.4) is 0 Å². The number of amidine groups is 1. The van der Waals surface area contributed by atoms with E-state index < -0.39 is 0 Å². The molecule has 3 saturated carbocycles. The third kappa shape index (κ3) is 1.79. The highest BCUT2D eigenvalue weighted by Gasteiger charge is 2.49. The van der Waals surface area contributed by atoms with Crippen molar-refractivity contribution in [3.8, 4) is 0 Å². The van der Waals surface area contributed by atoms with Crippen LogP contribution in [-0.4, -0.2) is 11.5 Å². The number of nitrogens with zero attached hydrogens (tertiary/aromatic N) is 1. The number of benzene rings is 1. The zero-order valence-electron chi connectivity index (χ0n) is 11.9. The SMILES string of the molecule is c1cc2ccc(C3=N[C@@]4(CC5CCC4CC5)NN3)cc2s1. The number of rotatable bonds is 1. The topological polar surface area (TPSA) is 36.4 Å². The summed E-state index contributed by atoms with van der Waals surface area (Å²) in [6.07, 6.45) is 6.68. The van der Waals surface area contributed by atoms with Gasteiger partial charge in [-0.05, 0) is 66.8 Å². The van der Waals surface area contributed by atoms with E-state index in [-0.39, 0.29) is 5.66 Å². The summed E-state index contributed by atoms with van der Waals surface area (Å²) >= 11 is 1.80. The Bertz CT molecular complexity index is 726. The summed E-state index contributed by atoms with van der Waals surface area (Å²) in [5.41, 5.74) is 8.10. The Morgan fingerprint density at radius 3 is 2.86 bits per heavy atom. The van der Waals surface area contributed by atoms with Crippen LogP contribution >= 0.6 is 11.3 Å². The maximum Gasteiger partial charge on any atom is 0.144 e. The van der Waals surface area contributed by atoms with E-state index in [1.165, 1.54) is 47.8 Å². The molecule has 0 unspecified atom stereocenters. The van der Waals surface area contributed by atoms with Crippen molar-refractivity contribution >= 4 is 27.3 Å². The highest BCUT2D eigenvalue weighted by atomic mass is 32.1. The fraction of sp³-hybridized carbons (Fsp3) is 0.471. The van der Waals surface area contributed by atoms with Gasteiger partial charge >= 0.3 is 0 Å². The number of fused-ring (bicyclic) bond motifs is 3. The number of thiophene rings is 1. The first-order chi connectivity index (χ1) is 10.3. The van der Waals surface area contributed by atoms with E-state index in [1.54, 1.807) is 11.3 Å². The third-order valence-electron chi connectivity index (χ3n) is 5.56. The lowest BCUT2D eigenvalue weighted by Crippen LogP contribution is -2.56. The number of hydrogen-bond donors (Lipinski definition) is 2. The summed E-state index contributed by atoms with van der Waals surface area (Å²) in [6.45, 7) is 0. The van der Waals surface area contributed by atoms with Crippen LogP contribution in [0.25, 0.3) is 10.1 Å². The average Bonchev–Trinajstić information content (AvgIpc) is 3.15. The van der Waals surface area contributed by atoms with Gasteiger partial charge in [0.25, 0.3) is 0 Å². The molecular weight excluding hydrogens is 278 g/mol. The monoisotopic (exact) mass is 297 g/mol. The molecule has 2 heterocycles. The van der Waals surface area contributed by atoms with Crippen molar-refractivity contribution in [2.45, 2.75) is 37.8 Å². The van der Waals surface area contributed by atoms with Crippen LogP contribution in [-0.2, 0) is 0 Å². The minimum Gasteiger partial charge on any atom is -0.303 e. The van der Waals surface area contributed by atoms with E-state index in [4.69, 9.17) is 4.99 Å². The van der Waals surface area contributed by atoms with Gasteiger partial charge in [-0.2, -0.15) is 0 Å². The van der Waals surface area contributed by atoms with Gasteiger partial charge in [-0.3, -0.25) is 0 Å². The van der Waals surface area contributed by atoms with Gasteiger partial charge in [0, 0.05) is 10.3 Å². The molecule has 2 N–H and O–H groups in total. The second-order valence-electron chi connectivity index (χ2n) is 6.73. The molecule has 2 aromatic rings. The molecule has 0 amide bonds. The number of hydrazine groups is 1. The van der Waals surface area contributed by atoms with Gasteiger partial charge in [0.05, 0.1) is 0 Å². The Kier molecular flexibility index (Phi) is 2.50. The molecule has 1 atom stereocenters. The van der Waals surface area contributed by atoms with E-state index in [9.17, 15) is 0 Å². The first-order valence-corrected chi connectivity index (χ1v) is 8.81. The molecule has 0 saturated heterocycles. The summed E-state index contributed by atoms with van der Waals surface area (Å²) in [5.74, 6) is 2.60. The van der Waals surface area contributed by atoms with E-state index in [1.807, 2.05) is 0 Å². The minimum absolute atomic E-state index is 0.0269. The number of nitrogens with one attached hydrogen (secondary N) is 2. The molecule has 1 aliphatic heterocycles. The molecule has 108 valence electrons. The molecule has 1 aromatic carbocycles. The summed E-state index contributed by atoms with van der Waals surface area (Å²) in [5, 5.41) is 3.47. The van der Waals surface area contributed by atoms with Gasteiger partial charge in [0.1, 0.15) is 11.5 Å². The molecule has 6 rings (SSSR count). The lowest BCUT2D eigenvalue weighted by Gasteiger charge is -2.47. The van der Waals surface area contributed by atoms with E-state index >= 15 is 0 Å². The molecule has 4 aliphatic rings. The van der Waals surface area contributed by atoms with Crippen molar-refractivity contribution in [2.75, 3.05) is 0 Å². The van der Waals surface area contributed by atoms with Gasteiger partial charge in [0.15, 0.2) is 0 Å². The van der Waals surface area contributed by atoms with Crippen LogP contribution in [0.2, 0.25) is 0 Å². The smallest absolute Gasteiger partial charge is 0.144 e. The maximum atomic E-state index is 5.12. The first-order valence-electron chi connectivity index (χ1n) is 7.93. The van der Waals surface area contributed by atoms with Crippen molar-refractivity contribution in [3.63, 3.8) is 0 Å². The quantitative estimate of drug-likeness (QED) is 0.842. The highest BCUT2D eigenvalue weighted by molar-refractivity contribution is 7.17. The van der Waals surface area contributed by atoms with Crippen molar-refractivity contribution in [1.29, 1.82) is 0 Å². The fourth-order valence-electron chi connectivity index (χ4n) is 4.40. The Morgan fingerprint density at radius 2 is 2.05 bits per heavy atom.